The maximum atomic E-state index is 9.16. The molecule has 2 atom stereocenters. The predicted molar refractivity (Wildman–Crippen MR) is 73.5 cm³/mol. The average molecular weight is 276 g/mol. The summed E-state index contributed by atoms with van der Waals surface area (Å²) in [7, 11) is 0. The van der Waals surface area contributed by atoms with Gasteiger partial charge in [0.25, 0.3) is 0 Å². The molecule has 4 heteroatoms. The van der Waals surface area contributed by atoms with Crippen molar-refractivity contribution in [2.24, 2.45) is 11.7 Å². The summed E-state index contributed by atoms with van der Waals surface area (Å²) >= 11 is 11.2. The number of benzene rings is 1. The van der Waals surface area contributed by atoms with Gasteiger partial charge in [0.15, 0.2) is 0 Å². The summed E-state index contributed by atoms with van der Waals surface area (Å²) in [6.07, 6.45) is 4.22. The molecule has 1 aromatic carbocycles. The molecule has 1 aliphatic carbocycles. The van der Waals surface area contributed by atoms with Crippen LogP contribution in [0, 0.1) is 5.92 Å². The van der Waals surface area contributed by atoms with Crippen molar-refractivity contribution in [3.8, 4) is 0 Å². The first-order valence-corrected chi connectivity index (χ1v) is 6.67. The lowest BCUT2D eigenvalue weighted by Gasteiger charge is -2.24. The Bertz CT molecular complexity index is 312. The Kier molecular flexibility index (Phi) is 6.90. The molecule has 2 unspecified atom stereocenters. The second-order valence-corrected chi connectivity index (χ2v) is 5.15. The third-order valence-corrected chi connectivity index (χ3v) is 3.67. The van der Waals surface area contributed by atoms with Crippen LogP contribution < -0.4 is 5.73 Å². The van der Waals surface area contributed by atoms with Gasteiger partial charge in [-0.25, -0.2) is 0 Å². The van der Waals surface area contributed by atoms with Crippen LogP contribution >= 0.6 is 23.2 Å². The minimum Gasteiger partial charge on any atom is -0.393 e. The molecule has 0 aliphatic heterocycles. The smallest absolute Gasteiger partial charge is 0.0592 e. The van der Waals surface area contributed by atoms with Crippen molar-refractivity contribution in [1.82, 2.24) is 0 Å². The molecule has 0 amide bonds. The van der Waals surface area contributed by atoms with E-state index >= 15 is 0 Å². The molecule has 1 aliphatic rings. The third kappa shape index (κ3) is 5.73. The molecule has 0 spiro atoms. The highest BCUT2D eigenvalue weighted by Crippen LogP contribution is 2.22. The monoisotopic (exact) mass is 275 g/mol. The second kappa shape index (κ2) is 7.93. The van der Waals surface area contributed by atoms with Crippen LogP contribution in [0.15, 0.2) is 24.3 Å². The van der Waals surface area contributed by atoms with Gasteiger partial charge < -0.3 is 10.8 Å². The van der Waals surface area contributed by atoms with Gasteiger partial charge in [-0.1, -0.05) is 41.8 Å². The van der Waals surface area contributed by atoms with Gasteiger partial charge in [-0.05, 0) is 43.9 Å². The Morgan fingerprint density at radius 1 is 1.18 bits per heavy atom. The van der Waals surface area contributed by atoms with Crippen LogP contribution in [-0.4, -0.2) is 17.8 Å². The van der Waals surface area contributed by atoms with Crippen molar-refractivity contribution in [1.29, 1.82) is 0 Å². The van der Waals surface area contributed by atoms with Crippen molar-refractivity contribution >= 4 is 23.2 Å². The molecule has 1 fully saturated rings. The van der Waals surface area contributed by atoms with E-state index in [0.717, 1.165) is 25.8 Å². The van der Waals surface area contributed by atoms with E-state index in [1.54, 1.807) is 12.1 Å². The second-order valence-electron chi connectivity index (χ2n) is 4.34. The Morgan fingerprint density at radius 3 is 2.12 bits per heavy atom. The highest BCUT2D eigenvalue weighted by Gasteiger charge is 2.17. The van der Waals surface area contributed by atoms with Crippen LogP contribution in [0.4, 0.5) is 0 Å². The molecule has 0 radical (unpaired) electrons. The average Bonchev–Trinajstić information content (AvgIpc) is 2.34. The maximum absolute atomic E-state index is 9.16. The fourth-order valence-corrected chi connectivity index (χ4v) is 2.19. The summed E-state index contributed by atoms with van der Waals surface area (Å²) in [6, 6.07) is 7.19. The van der Waals surface area contributed by atoms with E-state index in [2.05, 4.69) is 0 Å². The molecule has 96 valence electrons. The molecule has 0 saturated heterocycles. The fraction of sp³-hybridized carbons (Fsp3) is 0.538. The number of rotatable bonds is 1. The first kappa shape index (κ1) is 14.8. The van der Waals surface area contributed by atoms with Crippen LogP contribution in [0.3, 0.4) is 0 Å². The highest BCUT2D eigenvalue weighted by molar-refractivity contribution is 6.41. The van der Waals surface area contributed by atoms with Gasteiger partial charge >= 0.3 is 0 Å². The molecular formula is C13H19Cl2NO. The van der Waals surface area contributed by atoms with E-state index in [1.807, 2.05) is 12.1 Å². The van der Waals surface area contributed by atoms with E-state index in [4.69, 9.17) is 34.0 Å². The van der Waals surface area contributed by atoms with E-state index in [9.17, 15) is 0 Å². The lowest BCUT2D eigenvalue weighted by Crippen LogP contribution is -2.25. The van der Waals surface area contributed by atoms with Crippen molar-refractivity contribution in [3.63, 3.8) is 0 Å². The SMILES string of the molecule is Clc1ccccc1Cl.NCC1CCCC(O)C1. The van der Waals surface area contributed by atoms with Gasteiger partial charge in [0, 0.05) is 0 Å². The number of aliphatic hydroxyl groups is 1. The zero-order valence-electron chi connectivity index (χ0n) is 9.78. The van der Waals surface area contributed by atoms with E-state index in [0.29, 0.717) is 16.0 Å². The van der Waals surface area contributed by atoms with Crippen LogP contribution in [0.5, 0.6) is 0 Å². The van der Waals surface area contributed by atoms with Crippen molar-refractivity contribution in [2.75, 3.05) is 6.54 Å². The summed E-state index contributed by atoms with van der Waals surface area (Å²) in [5, 5.41) is 10.4. The fourth-order valence-electron chi connectivity index (χ4n) is 1.92. The number of halogens is 2. The highest BCUT2D eigenvalue weighted by atomic mass is 35.5. The molecule has 1 aromatic rings. The number of nitrogens with two attached hydrogens (primary N) is 1. The van der Waals surface area contributed by atoms with Crippen molar-refractivity contribution in [3.05, 3.63) is 34.3 Å². The standard InChI is InChI=1S/C7H15NO.C6H4Cl2/c8-5-6-2-1-3-7(9)4-6;7-5-3-1-2-4-6(5)8/h6-7,9H,1-5,8H2;1-4H. The topological polar surface area (TPSA) is 46.2 Å². The normalized spacial score (nSPS) is 23.8. The minimum absolute atomic E-state index is 0.0627. The maximum Gasteiger partial charge on any atom is 0.0592 e. The van der Waals surface area contributed by atoms with E-state index in [1.165, 1.54) is 6.42 Å². The largest absolute Gasteiger partial charge is 0.393 e. The Hall–Kier alpha value is -0.280. The molecule has 0 heterocycles. The summed E-state index contributed by atoms with van der Waals surface area (Å²) in [4.78, 5) is 0. The third-order valence-electron chi connectivity index (χ3n) is 2.91. The number of hydrogen-bond donors (Lipinski definition) is 2. The van der Waals surface area contributed by atoms with Gasteiger partial charge in [-0.15, -0.1) is 0 Å². The van der Waals surface area contributed by atoms with E-state index in [-0.39, 0.29) is 6.10 Å². The molecular weight excluding hydrogens is 257 g/mol. The lowest BCUT2D eigenvalue weighted by molar-refractivity contribution is 0.103. The zero-order valence-corrected chi connectivity index (χ0v) is 11.3. The summed E-state index contributed by atoms with van der Waals surface area (Å²) < 4.78 is 0. The molecule has 1 saturated carbocycles. The molecule has 3 N–H and O–H groups in total. The van der Waals surface area contributed by atoms with Gasteiger partial charge in [-0.3, -0.25) is 0 Å². The zero-order chi connectivity index (χ0) is 12.7. The quantitative estimate of drug-likeness (QED) is 0.824. The van der Waals surface area contributed by atoms with Gasteiger partial charge in [0.05, 0.1) is 16.1 Å². The molecule has 0 aromatic heterocycles. The number of aliphatic hydroxyl groups excluding tert-OH is 1. The number of hydrogen-bond acceptors (Lipinski definition) is 2. The molecule has 17 heavy (non-hydrogen) atoms. The minimum atomic E-state index is -0.0627. The van der Waals surface area contributed by atoms with E-state index < -0.39 is 0 Å². The molecule has 2 rings (SSSR count). The Morgan fingerprint density at radius 2 is 1.76 bits per heavy atom. The van der Waals surface area contributed by atoms with Gasteiger partial charge in [0.2, 0.25) is 0 Å². The van der Waals surface area contributed by atoms with Crippen LogP contribution in [0.2, 0.25) is 10.0 Å². The summed E-state index contributed by atoms with van der Waals surface area (Å²) in [5.74, 6) is 0.591. The van der Waals surface area contributed by atoms with Crippen LogP contribution in [-0.2, 0) is 0 Å². The lowest BCUT2D eigenvalue weighted by atomic mass is 9.87. The van der Waals surface area contributed by atoms with Crippen LogP contribution in [0.25, 0.3) is 0 Å². The first-order valence-electron chi connectivity index (χ1n) is 5.91. The Balaban J connectivity index is 0.000000171. The molecule has 0 bridgehead atoms. The predicted octanol–water partition coefficient (Wildman–Crippen LogP) is 3.49. The van der Waals surface area contributed by atoms with Crippen molar-refractivity contribution in [2.45, 2.75) is 31.8 Å². The summed E-state index contributed by atoms with van der Waals surface area (Å²) in [6.45, 7) is 0.747. The van der Waals surface area contributed by atoms with Crippen LogP contribution in [0.1, 0.15) is 25.7 Å². The first-order chi connectivity index (χ1) is 8.13. The van der Waals surface area contributed by atoms with Crippen molar-refractivity contribution < 1.29 is 5.11 Å². The molecule has 2 nitrogen and oxygen atoms in total. The van der Waals surface area contributed by atoms with Gasteiger partial charge in [-0.2, -0.15) is 0 Å². The van der Waals surface area contributed by atoms with Gasteiger partial charge in [0.1, 0.15) is 0 Å². The Labute approximate surface area is 113 Å². The summed E-state index contributed by atoms with van der Waals surface area (Å²) in [5.41, 5.74) is 5.45.